The predicted octanol–water partition coefficient (Wildman–Crippen LogP) is -0.382. The molecule has 8 heteroatoms. The van der Waals surface area contributed by atoms with Crippen molar-refractivity contribution in [3.8, 4) is 0 Å². The minimum Gasteiger partial charge on any atom is -0.399 e. The minimum absolute atomic E-state index is 0.0415. The molecule has 110 valence electrons. The summed E-state index contributed by atoms with van der Waals surface area (Å²) >= 11 is 0. The summed E-state index contributed by atoms with van der Waals surface area (Å²) in [6.07, 6.45) is 0.613. The molecule has 0 radical (unpaired) electrons. The Morgan fingerprint density at radius 1 is 1.35 bits per heavy atom. The number of carbonyl (C=O) groups excluding carboxylic acids is 1. The van der Waals surface area contributed by atoms with Crippen molar-refractivity contribution in [2.24, 2.45) is 16.3 Å². The molecule has 7 nitrogen and oxygen atoms in total. The van der Waals surface area contributed by atoms with Crippen molar-refractivity contribution in [2.75, 3.05) is 23.7 Å². The summed E-state index contributed by atoms with van der Waals surface area (Å²) in [6, 6.07) is 4.42. The Morgan fingerprint density at radius 3 is 2.50 bits per heavy atom. The van der Waals surface area contributed by atoms with E-state index in [9.17, 15) is 13.2 Å². The molecule has 20 heavy (non-hydrogen) atoms. The Hall–Kier alpha value is -1.80. The van der Waals surface area contributed by atoms with Crippen molar-refractivity contribution in [2.45, 2.75) is 18.2 Å². The molecule has 0 bridgehead atoms. The van der Waals surface area contributed by atoms with Gasteiger partial charge in [0.05, 0.1) is 10.3 Å². The maximum atomic E-state index is 11.4. The molecule has 0 aliphatic carbocycles. The lowest BCUT2D eigenvalue weighted by molar-refractivity contribution is -0.125. The molecule has 0 saturated carbocycles. The van der Waals surface area contributed by atoms with E-state index in [2.05, 4.69) is 0 Å². The van der Waals surface area contributed by atoms with Gasteiger partial charge in [0.1, 0.15) is 0 Å². The Morgan fingerprint density at radius 2 is 2.00 bits per heavy atom. The summed E-state index contributed by atoms with van der Waals surface area (Å²) in [5.74, 6) is -0.365. The van der Waals surface area contributed by atoms with E-state index >= 15 is 0 Å². The lowest BCUT2D eigenvalue weighted by atomic mass is 9.89. The van der Waals surface area contributed by atoms with Crippen LogP contribution in [0.1, 0.15) is 13.3 Å². The van der Waals surface area contributed by atoms with Gasteiger partial charge in [0.25, 0.3) is 0 Å². The standard InChI is InChI=1S/C12H18N4O3S/c1-12(11(14)17)2-3-16(7-12)9-4-8(13)5-10(6-9)20(15,18)19/h4-6H,2-3,7,13H2,1H3,(H2,14,17)(H2,15,18,19). The quantitative estimate of drug-likeness (QED) is 0.654. The number of sulfonamides is 1. The summed E-state index contributed by atoms with van der Waals surface area (Å²) in [6.45, 7) is 2.82. The molecule has 1 amide bonds. The second-order valence-corrected chi connectivity index (χ2v) is 6.96. The van der Waals surface area contributed by atoms with Gasteiger partial charge in [-0.25, -0.2) is 13.6 Å². The number of anilines is 2. The fraction of sp³-hybridized carbons (Fsp3) is 0.417. The van der Waals surface area contributed by atoms with E-state index in [1.807, 2.05) is 4.90 Å². The molecule has 1 aliphatic heterocycles. The van der Waals surface area contributed by atoms with Crippen LogP contribution in [0.4, 0.5) is 11.4 Å². The van der Waals surface area contributed by atoms with E-state index in [1.165, 1.54) is 12.1 Å². The maximum absolute atomic E-state index is 11.4. The molecule has 2 rings (SSSR count). The number of benzene rings is 1. The minimum atomic E-state index is -3.82. The van der Waals surface area contributed by atoms with Crippen molar-refractivity contribution < 1.29 is 13.2 Å². The van der Waals surface area contributed by atoms with Crippen molar-refractivity contribution in [3.63, 3.8) is 0 Å². The van der Waals surface area contributed by atoms with E-state index in [0.29, 0.717) is 30.9 Å². The second-order valence-electron chi connectivity index (χ2n) is 5.40. The van der Waals surface area contributed by atoms with E-state index in [4.69, 9.17) is 16.6 Å². The monoisotopic (exact) mass is 298 g/mol. The number of hydrogen-bond donors (Lipinski definition) is 3. The molecule has 1 aromatic carbocycles. The molecular weight excluding hydrogens is 280 g/mol. The molecule has 0 aromatic heterocycles. The first-order valence-electron chi connectivity index (χ1n) is 6.10. The third-order valence-corrected chi connectivity index (χ3v) is 4.57. The number of rotatable bonds is 3. The largest absolute Gasteiger partial charge is 0.399 e. The summed E-state index contributed by atoms with van der Waals surface area (Å²) < 4.78 is 22.8. The number of nitrogens with two attached hydrogens (primary N) is 3. The van der Waals surface area contributed by atoms with Crippen LogP contribution in [0.2, 0.25) is 0 Å². The Labute approximate surface area is 117 Å². The molecule has 1 saturated heterocycles. The van der Waals surface area contributed by atoms with Crippen LogP contribution in [0.15, 0.2) is 23.1 Å². The average molecular weight is 298 g/mol. The topological polar surface area (TPSA) is 133 Å². The van der Waals surface area contributed by atoms with Crippen LogP contribution in [-0.4, -0.2) is 27.4 Å². The zero-order valence-electron chi connectivity index (χ0n) is 11.2. The number of primary sulfonamides is 1. The highest BCUT2D eigenvalue weighted by molar-refractivity contribution is 7.89. The third-order valence-electron chi connectivity index (χ3n) is 3.68. The summed E-state index contributed by atoms with van der Waals surface area (Å²) in [5.41, 5.74) is 11.4. The van der Waals surface area contributed by atoms with Crippen LogP contribution in [0.3, 0.4) is 0 Å². The average Bonchev–Trinajstić information content (AvgIpc) is 2.71. The Kier molecular flexibility index (Phi) is 3.39. The molecule has 6 N–H and O–H groups in total. The smallest absolute Gasteiger partial charge is 0.238 e. The van der Waals surface area contributed by atoms with Gasteiger partial charge in [0.15, 0.2) is 0 Å². The van der Waals surface area contributed by atoms with Crippen LogP contribution in [0.25, 0.3) is 0 Å². The summed E-state index contributed by atoms with van der Waals surface area (Å²) in [4.78, 5) is 13.3. The highest BCUT2D eigenvalue weighted by Gasteiger charge is 2.39. The van der Waals surface area contributed by atoms with Crippen molar-refractivity contribution in [3.05, 3.63) is 18.2 Å². The zero-order chi connectivity index (χ0) is 15.1. The first-order chi connectivity index (χ1) is 9.12. The fourth-order valence-corrected chi connectivity index (χ4v) is 2.92. The van der Waals surface area contributed by atoms with Gasteiger partial charge in [0, 0.05) is 24.5 Å². The normalized spacial score (nSPS) is 23.0. The zero-order valence-corrected chi connectivity index (χ0v) is 12.0. The van der Waals surface area contributed by atoms with Crippen LogP contribution in [0.5, 0.6) is 0 Å². The van der Waals surface area contributed by atoms with Gasteiger partial charge in [-0.1, -0.05) is 0 Å². The molecule has 1 heterocycles. The van der Waals surface area contributed by atoms with Crippen LogP contribution in [-0.2, 0) is 14.8 Å². The highest BCUT2D eigenvalue weighted by atomic mass is 32.2. The number of primary amides is 1. The molecule has 1 fully saturated rings. The SMILES string of the molecule is CC1(C(N)=O)CCN(c2cc(N)cc(S(N)(=O)=O)c2)C1. The van der Waals surface area contributed by atoms with E-state index in [1.54, 1.807) is 13.0 Å². The van der Waals surface area contributed by atoms with Gasteiger partial charge in [-0.2, -0.15) is 0 Å². The van der Waals surface area contributed by atoms with Gasteiger partial charge in [-0.3, -0.25) is 4.79 Å². The maximum Gasteiger partial charge on any atom is 0.238 e. The molecular formula is C12H18N4O3S. The summed E-state index contributed by atoms with van der Waals surface area (Å²) in [7, 11) is -3.82. The third kappa shape index (κ3) is 2.70. The first-order valence-corrected chi connectivity index (χ1v) is 7.65. The van der Waals surface area contributed by atoms with E-state index < -0.39 is 15.4 Å². The van der Waals surface area contributed by atoms with E-state index in [-0.39, 0.29) is 10.8 Å². The lowest BCUT2D eigenvalue weighted by Crippen LogP contribution is -2.37. The van der Waals surface area contributed by atoms with Gasteiger partial charge < -0.3 is 16.4 Å². The first kappa shape index (κ1) is 14.6. The van der Waals surface area contributed by atoms with Crippen LogP contribution >= 0.6 is 0 Å². The second kappa shape index (κ2) is 4.64. The van der Waals surface area contributed by atoms with E-state index in [0.717, 1.165) is 0 Å². The van der Waals surface area contributed by atoms with Crippen molar-refractivity contribution in [1.82, 2.24) is 0 Å². The number of amides is 1. The molecule has 1 aromatic rings. The van der Waals surface area contributed by atoms with Gasteiger partial charge in [-0.15, -0.1) is 0 Å². The molecule has 1 aliphatic rings. The highest BCUT2D eigenvalue weighted by Crippen LogP contribution is 2.34. The Bertz CT molecular complexity index is 659. The molecule has 1 unspecified atom stereocenters. The van der Waals surface area contributed by atoms with Gasteiger partial charge >= 0.3 is 0 Å². The fourth-order valence-electron chi connectivity index (χ4n) is 2.34. The predicted molar refractivity (Wildman–Crippen MR) is 76.4 cm³/mol. The van der Waals surface area contributed by atoms with Gasteiger partial charge in [-0.05, 0) is 31.5 Å². The molecule has 0 spiro atoms. The number of hydrogen-bond acceptors (Lipinski definition) is 5. The van der Waals surface area contributed by atoms with Crippen LogP contribution < -0.4 is 21.5 Å². The van der Waals surface area contributed by atoms with Crippen molar-refractivity contribution >= 4 is 27.3 Å². The van der Waals surface area contributed by atoms with Crippen molar-refractivity contribution in [1.29, 1.82) is 0 Å². The Balaban J connectivity index is 2.36. The molecule has 1 atom stereocenters. The van der Waals surface area contributed by atoms with Gasteiger partial charge in [0.2, 0.25) is 15.9 Å². The summed E-state index contributed by atoms with van der Waals surface area (Å²) in [5, 5.41) is 5.12. The number of carbonyl (C=O) groups is 1. The lowest BCUT2D eigenvalue weighted by Gasteiger charge is -2.23. The number of nitrogen functional groups attached to an aromatic ring is 1. The number of nitrogens with zero attached hydrogens (tertiary/aromatic N) is 1. The van der Waals surface area contributed by atoms with Crippen LogP contribution in [0, 0.1) is 5.41 Å².